The fourth-order valence-electron chi connectivity index (χ4n) is 8.55. The van der Waals surface area contributed by atoms with Crippen LogP contribution in [0.1, 0.15) is 25.0 Å². The third kappa shape index (κ3) is 6.36. The number of fused-ring (bicyclic) bond motifs is 3. The minimum Gasteiger partial charge on any atom is -0.228 e. The molecule has 270 valence electrons. The largest absolute Gasteiger partial charge is 0.228 e. The average molecular weight is 729 g/mol. The van der Waals surface area contributed by atoms with Crippen molar-refractivity contribution in [3.05, 3.63) is 217 Å². The van der Waals surface area contributed by atoms with Gasteiger partial charge in [0, 0.05) is 22.1 Å². The number of aromatic nitrogens is 2. The molecule has 0 amide bonds. The van der Waals surface area contributed by atoms with Gasteiger partial charge in [-0.3, -0.25) is 0 Å². The second-order valence-corrected chi connectivity index (χ2v) is 15.4. The highest BCUT2D eigenvalue weighted by Gasteiger charge is 2.36. The van der Waals surface area contributed by atoms with Crippen LogP contribution >= 0.6 is 0 Å². The van der Waals surface area contributed by atoms with Crippen molar-refractivity contribution in [2.75, 3.05) is 0 Å². The van der Waals surface area contributed by atoms with Crippen LogP contribution in [-0.4, -0.2) is 9.97 Å². The second kappa shape index (κ2) is 14.2. The summed E-state index contributed by atoms with van der Waals surface area (Å²) in [5.74, 6) is 0.690. The molecule has 2 nitrogen and oxygen atoms in total. The van der Waals surface area contributed by atoms with Gasteiger partial charge in [-0.05, 0) is 103 Å². The van der Waals surface area contributed by atoms with Gasteiger partial charge in [0.2, 0.25) is 0 Å². The summed E-state index contributed by atoms with van der Waals surface area (Å²) < 4.78 is 0. The van der Waals surface area contributed by atoms with Crippen LogP contribution in [0.3, 0.4) is 0 Å². The van der Waals surface area contributed by atoms with E-state index in [4.69, 9.17) is 9.97 Å². The number of hydrogen-bond donors (Lipinski definition) is 0. The van der Waals surface area contributed by atoms with Crippen molar-refractivity contribution in [1.29, 1.82) is 0 Å². The Morgan fingerprint density at radius 2 is 0.719 bits per heavy atom. The summed E-state index contributed by atoms with van der Waals surface area (Å²) in [6, 6.07) is 73.8. The minimum absolute atomic E-state index is 0.0486. The van der Waals surface area contributed by atoms with Gasteiger partial charge in [0.1, 0.15) is 0 Å². The molecule has 0 unspecified atom stereocenters. The van der Waals surface area contributed by atoms with E-state index in [2.05, 4.69) is 214 Å². The molecule has 9 aromatic rings. The molecule has 2 heteroatoms. The first-order chi connectivity index (χ1) is 28.0. The normalized spacial score (nSPS) is 12.5. The van der Waals surface area contributed by atoms with Gasteiger partial charge in [0.15, 0.2) is 5.82 Å². The molecule has 0 fully saturated rings. The molecule has 57 heavy (non-hydrogen) atoms. The van der Waals surface area contributed by atoms with Crippen molar-refractivity contribution in [2.24, 2.45) is 0 Å². The fourth-order valence-corrected chi connectivity index (χ4v) is 8.55. The molecule has 1 aromatic heterocycles. The van der Waals surface area contributed by atoms with Gasteiger partial charge in [-0.1, -0.05) is 184 Å². The molecule has 0 spiro atoms. The van der Waals surface area contributed by atoms with Gasteiger partial charge in [-0.25, -0.2) is 9.97 Å². The Morgan fingerprint density at radius 1 is 0.298 bits per heavy atom. The Balaban J connectivity index is 1.09. The van der Waals surface area contributed by atoms with E-state index in [0.717, 1.165) is 61.5 Å². The third-order valence-electron chi connectivity index (χ3n) is 11.5. The molecule has 0 aliphatic heterocycles. The Bertz CT molecular complexity index is 2850. The molecule has 0 atom stereocenters. The van der Waals surface area contributed by atoms with Gasteiger partial charge in [-0.2, -0.15) is 0 Å². The van der Waals surface area contributed by atoms with Crippen molar-refractivity contribution in [3.8, 4) is 89.5 Å². The van der Waals surface area contributed by atoms with Crippen LogP contribution in [0.4, 0.5) is 0 Å². The molecule has 1 aliphatic rings. The van der Waals surface area contributed by atoms with Gasteiger partial charge in [-0.15, -0.1) is 0 Å². The summed E-state index contributed by atoms with van der Waals surface area (Å²) in [6.45, 7) is 4.68. The van der Waals surface area contributed by atoms with Crippen LogP contribution < -0.4 is 0 Å². The van der Waals surface area contributed by atoms with Crippen molar-refractivity contribution in [1.82, 2.24) is 9.97 Å². The molecule has 0 bridgehead atoms. The van der Waals surface area contributed by atoms with E-state index in [1.807, 2.05) is 6.07 Å². The Kier molecular flexibility index (Phi) is 8.53. The smallest absolute Gasteiger partial charge is 0.160 e. The summed E-state index contributed by atoms with van der Waals surface area (Å²) in [6.07, 6.45) is 0. The number of hydrogen-bond acceptors (Lipinski definition) is 2. The Labute approximate surface area is 334 Å². The van der Waals surface area contributed by atoms with E-state index in [9.17, 15) is 0 Å². The highest BCUT2D eigenvalue weighted by Crippen LogP contribution is 2.52. The second-order valence-electron chi connectivity index (χ2n) is 15.4. The average Bonchev–Trinajstić information content (AvgIpc) is 3.53. The van der Waals surface area contributed by atoms with Crippen LogP contribution in [0.5, 0.6) is 0 Å². The Morgan fingerprint density at radius 3 is 1.37 bits per heavy atom. The van der Waals surface area contributed by atoms with Crippen LogP contribution in [0.2, 0.25) is 0 Å². The summed E-state index contributed by atoms with van der Waals surface area (Å²) >= 11 is 0. The maximum absolute atomic E-state index is 5.33. The summed E-state index contributed by atoms with van der Waals surface area (Å²) in [5.41, 5.74) is 19.6. The SMILES string of the molecule is CC1(C)c2ccccc2-c2c(-c3cccc(-c4cccc(-c5nc(-c6ccccc6)cc(-c6cc(-c7ccccc7)cc(-c7ccccc7)c6)n5)c4)c3)cccc21. The molecule has 8 aromatic carbocycles. The standard InChI is InChI=1S/C55H40N2/c1-55(2)49-29-13-12-27-48(49)53-47(28-16-30-50(53)55)42-25-14-23-40(31-42)41-24-15-26-43(32-41)54-56-51(39-21-10-5-11-22-39)36-52(57-54)46-34-44(37-17-6-3-7-18-37)33-45(35-46)38-19-8-4-9-20-38/h3-36H,1-2H3. The third-order valence-corrected chi connectivity index (χ3v) is 11.5. The highest BCUT2D eigenvalue weighted by atomic mass is 14.9. The quantitative estimate of drug-likeness (QED) is 0.163. The van der Waals surface area contributed by atoms with Gasteiger partial charge in [0.05, 0.1) is 11.4 Å². The van der Waals surface area contributed by atoms with Crippen LogP contribution in [-0.2, 0) is 5.41 Å². The zero-order valence-electron chi connectivity index (χ0n) is 32.0. The van der Waals surface area contributed by atoms with Gasteiger partial charge >= 0.3 is 0 Å². The molecule has 1 aliphatic carbocycles. The molecule has 0 saturated carbocycles. The maximum Gasteiger partial charge on any atom is 0.160 e. The first-order valence-electron chi connectivity index (χ1n) is 19.6. The Hall–Kier alpha value is -7.16. The monoisotopic (exact) mass is 728 g/mol. The number of benzene rings is 8. The van der Waals surface area contributed by atoms with Crippen LogP contribution in [0.15, 0.2) is 206 Å². The maximum atomic E-state index is 5.33. The predicted octanol–water partition coefficient (Wildman–Crippen LogP) is 14.5. The van der Waals surface area contributed by atoms with E-state index in [0.29, 0.717) is 5.82 Å². The van der Waals surface area contributed by atoms with Crippen molar-refractivity contribution in [3.63, 3.8) is 0 Å². The molecular formula is C55H40N2. The zero-order valence-corrected chi connectivity index (χ0v) is 32.0. The lowest BCUT2D eigenvalue weighted by molar-refractivity contribution is 0.660. The molecule has 0 radical (unpaired) electrons. The topological polar surface area (TPSA) is 25.8 Å². The van der Waals surface area contributed by atoms with E-state index < -0.39 is 0 Å². The first-order valence-corrected chi connectivity index (χ1v) is 19.6. The van der Waals surface area contributed by atoms with Crippen LogP contribution in [0.25, 0.3) is 89.5 Å². The lowest BCUT2D eigenvalue weighted by Gasteiger charge is -2.21. The summed E-state index contributed by atoms with van der Waals surface area (Å²) in [5, 5.41) is 0. The van der Waals surface area contributed by atoms with Crippen molar-refractivity contribution >= 4 is 0 Å². The summed E-state index contributed by atoms with van der Waals surface area (Å²) in [7, 11) is 0. The van der Waals surface area contributed by atoms with E-state index in [-0.39, 0.29) is 5.41 Å². The molecule has 1 heterocycles. The van der Waals surface area contributed by atoms with Crippen molar-refractivity contribution < 1.29 is 0 Å². The number of nitrogens with zero attached hydrogens (tertiary/aromatic N) is 2. The highest BCUT2D eigenvalue weighted by molar-refractivity contribution is 5.93. The van der Waals surface area contributed by atoms with Crippen molar-refractivity contribution in [2.45, 2.75) is 19.3 Å². The zero-order chi connectivity index (χ0) is 38.3. The van der Waals surface area contributed by atoms with Gasteiger partial charge in [0.25, 0.3) is 0 Å². The summed E-state index contributed by atoms with van der Waals surface area (Å²) in [4.78, 5) is 10.6. The minimum atomic E-state index is -0.0486. The molecule has 10 rings (SSSR count). The predicted molar refractivity (Wildman–Crippen MR) is 238 cm³/mol. The van der Waals surface area contributed by atoms with E-state index >= 15 is 0 Å². The fraction of sp³-hybridized carbons (Fsp3) is 0.0545. The lowest BCUT2D eigenvalue weighted by Crippen LogP contribution is -2.14. The molecular weight excluding hydrogens is 689 g/mol. The molecule has 0 N–H and O–H groups in total. The lowest BCUT2D eigenvalue weighted by atomic mass is 9.82. The number of rotatable bonds is 7. The van der Waals surface area contributed by atoms with Crippen LogP contribution in [0, 0.1) is 0 Å². The van der Waals surface area contributed by atoms with Gasteiger partial charge < -0.3 is 0 Å². The molecule has 0 saturated heterocycles. The van der Waals surface area contributed by atoms with E-state index in [1.165, 1.54) is 33.4 Å². The first kappa shape index (κ1) is 34.3. The van der Waals surface area contributed by atoms with E-state index in [1.54, 1.807) is 0 Å².